The van der Waals surface area contributed by atoms with Gasteiger partial charge in [-0.2, -0.15) is 0 Å². The molecule has 0 amide bonds. The van der Waals surface area contributed by atoms with Gasteiger partial charge in [0, 0.05) is 36.1 Å². The monoisotopic (exact) mass is 331 g/mol. The van der Waals surface area contributed by atoms with E-state index in [1.54, 1.807) is 0 Å². The molecular formula is C18H25N3O3. The molecule has 3 atom stereocenters. The van der Waals surface area contributed by atoms with Crippen LogP contribution in [0.2, 0.25) is 0 Å². The molecule has 1 aromatic rings. The van der Waals surface area contributed by atoms with Gasteiger partial charge in [-0.25, -0.2) is 4.99 Å². The Labute approximate surface area is 142 Å². The first-order valence-electron chi connectivity index (χ1n) is 8.67. The van der Waals surface area contributed by atoms with Crippen LogP contribution in [0.15, 0.2) is 23.2 Å². The van der Waals surface area contributed by atoms with Crippen LogP contribution in [-0.4, -0.2) is 37.9 Å². The van der Waals surface area contributed by atoms with E-state index in [0.717, 1.165) is 36.6 Å². The van der Waals surface area contributed by atoms with E-state index in [2.05, 4.69) is 19.2 Å². The zero-order valence-corrected chi connectivity index (χ0v) is 14.2. The minimum atomic E-state index is 0.0399. The van der Waals surface area contributed by atoms with Crippen LogP contribution < -0.4 is 20.5 Å². The number of fused-ring (bicyclic) bond motifs is 2. The minimum Gasteiger partial charge on any atom is -0.490 e. The first-order valence-corrected chi connectivity index (χ1v) is 8.67. The van der Waals surface area contributed by atoms with E-state index in [0.29, 0.717) is 31.2 Å². The first kappa shape index (κ1) is 15.6. The van der Waals surface area contributed by atoms with Gasteiger partial charge in [0.15, 0.2) is 17.5 Å². The lowest BCUT2D eigenvalue weighted by Crippen LogP contribution is -2.59. The first-order chi connectivity index (χ1) is 11.6. The van der Waals surface area contributed by atoms with Gasteiger partial charge in [0.1, 0.15) is 0 Å². The van der Waals surface area contributed by atoms with Crippen molar-refractivity contribution in [2.75, 3.05) is 25.1 Å². The number of ether oxygens (including phenoxy) is 3. The fourth-order valence-electron chi connectivity index (χ4n) is 4.13. The third-order valence-corrected chi connectivity index (χ3v) is 5.34. The molecule has 3 N–H and O–H groups in total. The maximum absolute atomic E-state index is 6.15. The van der Waals surface area contributed by atoms with Crippen molar-refractivity contribution in [1.82, 2.24) is 0 Å². The summed E-state index contributed by atoms with van der Waals surface area (Å²) in [6, 6.07) is 5.96. The van der Waals surface area contributed by atoms with Crippen molar-refractivity contribution < 1.29 is 14.2 Å². The highest BCUT2D eigenvalue weighted by Crippen LogP contribution is 2.53. The smallest absolute Gasteiger partial charge is 0.193 e. The van der Waals surface area contributed by atoms with E-state index in [9.17, 15) is 0 Å². The van der Waals surface area contributed by atoms with Gasteiger partial charge in [-0.1, -0.05) is 13.8 Å². The molecule has 3 aliphatic rings. The quantitative estimate of drug-likeness (QED) is 0.643. The van der Waals surface area contributed by atoms with E-state index in [1.165, 1.54) is 0 Å². The number of benzene rings is 1. The molecule has 1 saturated heterocycles. The summed E-state index contributed by atoms with van der Waals surface area (Å²) in [6.45, 7) is 6.59. The Kier molecular flexibility index (Phi) is 3.79. The molecule has 2 fully saturated rings. The number of nitrogens with two attached hydrogens (primary N) is 1. The summed E-state index contributed by atoms with van der Waals surface area (Å²) in [6.07, 6.45) is 2.28. The van der Waals surface area contributed by atoms with Gasteiger partial charge in [-0.15, -0.1) is 0 Å². The second kappa shape index (κ2) is 5.84. The third-order valence-electron chi connectivity index (χ3n) is 5.34. The molecule has 6 heteroatoms. The van der Waals surface area contributed by atoms with Crippen molar-refractivity contribution in [3.8, 4) is 11.5 Å². The average Bonchev–Trinajstić information content (AvgIpc) is 2.89. The van der Waals surface area contributed by atoms with Crippen LogP contribution in [0.1, 0.15) is 26.7 Å². The molecule has 6 nitrogen and oxygen atoms in total. The highest BCUT2D eigenvalue weighted by atomic mass is 16.5. The predicted octanol–water partition coefficient (Wildman–Crippen LogP) is 2.39. The van der Waals surface area contributed by atoms with E-state index in [1.807, 2.05) is 18.2 Å². The van der Waals surface area contributed by atoms with Crippen LogP contribution in [0.3, 0.4) is 0 Å². The van der Waals surface area contributed by atoms with Crippen LogP contribution >= 0.6 is 0 Å². The number of hydrogen-bond acceptors (Lipinski definition) is 4. The summed E-state index contributed by atoms with van der Waals surface area (Å²) >= 11 is 0. The van der Waals surface area contributed by atoms with Crippen molar-refractivity contribution >= 4 is 11.6 Å². The number of anilines is 1. The third kappa shape index (κ3) is 2.59. The molecule has 0 aromatic heterocycles. The van der Waals surface area contributed by atoms with Crippen LogP contribution in [-0.2, 0) is 4.74 Å². The highest BCUT2D eigenvalue weighted by Gasteiger charge is 2.59. The van der Waals surface area contributed by atoms with Gasteiger partial charge in [-0.05, 0) is 18.6 Å². The molecule has 0 spiro atoms. The molecule has 0 radical (unpaired) electrons. The molecule has 4 rings (SSSR count). The highest BCUT2D eigenvalue weighted by molar-refractivity contribution is 5.92. The molecule has 3 unspecified atom stereocenters. The largest absolute Gasteiger partial charge is 0.490 e. The number of nitrogens with one attached hydrogen (secondary N) is 1. The Hall–Kier alpha value is -1.95. The predicted molar refractivity (Wildman–Crippen MR) is 92.7 cm³/mol. The summed E-state index contributed by atoms with van der Waals surface area (Å²) in [4.78, 5) is 4.73. The van der Waals surface area contributed by atoms with Gasteiger partial charge in [-0.3, -0.25) is 0 Å². The number of hydrogen-bond donors (Lipinski definition) is 2. The fourth-order valence-corrected chi connectivity index (χ4v) is 4.13. The molecule has 0 bridgehead atoms. The molecule has 24 heavy (non-hydrogen) atoms. The summed E-state index contributed by atoms with van der Waals surface area (Å²) < 4.78 is 17.2. The standard InChI is InChI=1S/C18H25N3O3/c1-18(2)15(12-6-9-24-16(12)18)21-17(19)20-11-4-5-13-14(10-11)23-8-3-7-22-13/h4-5,10,12,15-16H,3,6-9H2,1-2H3,(H3,19,20,21). The van der Waals surface area contributed by atoms with E-state index in [4.69, 9.17) is 24.9 Å². The van der Waals surface area contributed by atoms with Gasteiger partial charge in [0.05, 0.1) is 25.4 Å². The Morgan fingerprint density at radius 3 is 2.83 bits per heavy atom. The topological polar surface area (TPSA) is 78.1 Å². The average molecular weight is 331 g/mol. The normalized spacial score (nSPS) is 30.9. The lowest BCUT2D eigenvalue weighted by molar-refractivity contribution is -0.0985. The van der Waals surface area contributed by atoms with E-state index < -0.39 is 0 Å². The number of nitrogens with zero attached hydrogens (tertiary/aromatic N) is 1. The van der Waals surface area contributed by atoms with Crippen molar-refractivity contribution in [2.45, 2.75) is 38.8 Å². The second-order valence-corrected chi connectivity index (χ2v) is 7.36. The zero-order valence-electron chi connectivity index (χ0n) is 14.2. The minimum absolute atomic E-state index is 0.0399. The van der Waals surface area contributed by atoms with Gasteiger partial charge in [0.2, 0.25) is 0 Å². The van der Waals surface area contributed by atoms with Crippen LogP contribution in [0.25, 0.3) is 0 Å². The SMILES string of the molecule is CC1(C)C(N=C(N)Nc2ccc3c(c2)OCCCO3)C2CCOC21. The second-order valence-electron chi connectivity index (χ2n) is 7.36. The number of rotatable bonds is 2. The van der Waals surface area contributed by atoms with Gasteiger partial charge >= 0.3 is 0 Å². The Balaban J connectivity index is 1.48. The molecule has 2 aliphatic heterocycles. The summed E-state index contributed by atoms with van der Waals surface area (Å²) in [5, 5.41) is 3.18. The Morgan fingerprint density at radius 2 is 2.00 bits per heavy atom. The van der Waals surface area contributed by atoms with Crippen LogP contribution in [0.4, 0.5) is 5.69 Å². The zero-order chi connectivity index (χ0) is 16.7. The number of guanidine groups is 1. The van der Waals surface area contributed by atoms with Crippen molar-refractivity contribution in [3.63, 3.8) is 0 Å². The Morgan fingerprint density at radius 1 is 1.21 bits per heavy atom. The summed E-state index contributed by atoms with van der Waals surface area (Å²) in [5.41, 5.74) is 7.05. The molecule has 1 aromatic carbocycles. The Bertz CT molecular complexity index is 659. The van der Waals surface area contributed by atoms with Crippen molar-refractivity contribution in [2.24, 2.45) is 22.1 Å². The van der Waals surface area contributed by atoms with Gasteiger partial charge in [0.25, 0.3) is 0 Å². The van der Waals surface area contributed by atoms with Crippen LogP contribution in [0, 0.1) is 11.3 Å². The molecular weight excluding hydrogens is 306 g/mol. The number of aliphatic imine (C=N–C) groups is 1. The molecule has 1 aliphatic carbocycles. The van der Waals surface area contributed by atoms with Gasteiger partial charge < -0.3 is 25.3 Å². The molecule has 2 heterocycles. The maximum Gasteiger partial charge on any atom is 0.193 e. The fraction of sp³-hybridized carbons (Fsp3) is 0.611. The summed E-state index contributed by atoms with van der Waals surface area (Å²) in [5.74, 6) is 2.45. The lowest BCUT2D eigenvalue weighted by atomic mass is 9.57. The lowest BCUT2D eigenvalue weighted by Gasteiger charge is -2.52. The molecule has 1 saturated carbocycles. The summed E-state index contributed by atoms with van der Waals surface area (Å²) in [7, 11) is 0. The van der Waals surface area contributed by atoms with Crippen molar-refractivity contribution in [3.05, 3.63) is 18.2 Å². The van der Waals surface area contributed by atoms with Crippen molar-refractivity contribution in [1.29, 1.82) is 0 Å². The van der Waals surface area contributed by atoms with E-state index in [-0.39, 0.29) is 11.5 Å². The van der Waals surface area contributed by atoms with Crippen LogP contribution in [0.5, 0.6) is 11.5 Å². The van der Waals surface area contributed by atoms with E-state index >= 15 is 0 Å². The maximum atomic E-state index is 6.15. The molecule has 130 valence electrons.